The Morgan fingerprint density at radius 2 is 0.929 bits per heavy atom. The van der Waals surface area contributed by atoms with E-state index in [2.05, 4.69) is 0 Å². The number of piperidine rings is 3. The highest BCUT2D eigenvalue weighted by atomic mass is 35.5. The van der Waals surface area contributed by atoms with E-state index in [9.17, 15) is 38.2 Å². The molecule has 442 valence electrons. The van der Waals surface area contributed by atoms with Crippen LogP contribution in [0.15, 0.2) is 115 Å². The van der Waals surface area contributed by atoms with Crippen molar-refractivity contribution in [3.8, 4) is 54.6 Å². The van der Waals surface area contributed by atoms with E-state index in [0.717, 1.165) is 21.6 Å². The predicted octanol–water partition coefficient (Wildman–Crippen LogP) is 13.7. The van der Waals surface area contributed by atoms with Crippen molar-refractivity contribution >= 4 is 116 Å². The lowest BCUT2D eigenvalue weighted by Crippen LogP contribution is -2.64. The molecule has 2 aromatic heterocycles. The van der Waals surface area contributed by atoms with Crippen LogP contribution >= 0.6 is 92.3 Å². The number of nitrogens with two attached hydrogens (primary N) is 2. The molecule has 3 aliphatic heterocycles. The van der Waals surface area contributed by atoms with E-state index in [0.29, 0.717) is 98.7 Å². The van der Waals surface area contributed by atoms with Crippen molar-refractivity contribution in [3.05, 3.63) is 161 Å². The first kappa shape index (κ1) is 63.0. The third-order valence-electron chi connectivity index (χ3n) is 15.5. The van der Waals surface area contributed by atoms with Gasteiger partial charge in [-0.25, -0.2) is 8.78 Å². The summed E-state index contributed by atoms with van der Waals surface area (Å²) in [5.41, 5.74) is 14.8. The number of carbonyl (C=O) groups is 4. The number of halogens is 8. The molecule has 7 aromatic rings. The van der Waals surface area contributed by atoms with Gasteiger partial charge in [0.05, 0.1) is 28.7 Å². The maximum absolute atomic E-state index is 14.1. The van der Waals surface area contributed by atoms with Gasteiger partial charge in [0.15, 0.2) is 11.5 Å². The lowest BCUT2D eigenvalue weighted by atomic mass is 9.72. The number of carbonyl (C=O) groups excluding carboxylic acids is 4. The van der Waals surface area contributed by atoms with Gasteiger partial charge in [0.25, 0.3) is 17.7 Å². The summed E-state index contributed by atoms with van der Waals surface area (Å²) in [6.45, 7) is 0.595. The molecule has 0 unspecified atom stereocenters. The van der Waals surface area contributed by atoms with Crippen LogP contribution in [0.1, 0.15) is 63.4 Å². The highest BCUT2D eigenvalue weighted by Crippen LogP contribution is 2.53. The highest BCUT2D eigenvalue weighted by molar-refractivity contribution is 7.19. The van der Waals surface area contributed by atoms with Crippen LogP contribution in [-0.4, -0.2) is 126 Å². The molecule has 13 nitrogen and oxygen atoms in total. The average molecular weight is 1300 g/mol. The Morgan fingerprint density at radius 1 is 0.524 bits per heavy atom. The molecule has 5 heterocycles. The van der Waals surface area contributed by atoms with Gasteiger partial charge < -0.3 is 41.0 Å². The van der Waals surface area contributed by atoms with E-state index in [4.69, 9.17) is 90.5 Å². The number of aliphatic hydroxyl groups excluding tert-OH is 2. The summed E-state index contributed by atoms with van der Waals surface area (Å²) in [5, 5.41) is 22.1. The maximum Gasteiger partial charge on any atom is 0.267 e. The fraction of sp³-hybridized carbons (Fsp3) is 0.311. The van der Waals surface area contributed by atoms with E-state index >= 15 is 0 Å². The Bertz CT molecular complexity index is 3530. The number of hydrogen-bond acceptors (Lipinski definition) is 11. The number of alkyl halides is 2. The molecule has 84 heavy (non-hydrogen) atoms. The van der Waals surface area contributed by atoms with Gasteiger partial charge in [-0.3, -0.25) is 24.1 Å². The standard InChI is InChI=1S/C31H27Cl3N2O4S.C30H30Cl3F2N3O4S/c32-21-8-6-19(7-9-21)25-26(40-17-16-37)28(41-27(25)23-11-10-22(33)18-24(23)34)29(38)36-14-12-31(13-15-36,30(35)39)20-4-2-1-3-5-20;31-19-3-1-18(2-4-19)23-24(42-16-15-39)26(43-25(23)21-6-5-20(32)17-22(21)33)27(40)37-11-7-29(8-12-37,28(36)41)38-13-9-30(34,35)10-14-38/h1-11,18,37H,12-17H2,(H2,35,39);1-6,17,39H,7-16H2,(H2,36,41). The normalized spacial score (nSPS) is 16.5. The lowest BCUT2D eigenvalue weighted by Gasteiger charge is -2.48. The first-order valence-corrected chi connectivity index (χ1v) is 30.7. The van der Waals surface area contributed by atoms with Crippen LogP contribution < -0.4 is 20.9 Å². The molecule has 6 N–H and O–H groups in total. The van der Waals surface area contributed by atoms with Gasteiger partial charge in [-0.1, -0.05) is 136 Å². The topological polar surface area (TPSA) is 189 Å². The van der Waals surface area contributed by atoms with Crippen LogP contribution in [0.2, 0.25) is 30.1 Å². The van der Waals surface area contributed by atoms with E-state index in [1.165, 1.54) is 22.7 Å². The molecular formula is C61H57Cl6F2N5O8S2. The average Bonchev–Trinajstić information content (AvgIpc) is 2.12. The summed E-state index contributed by atoms with van der Waals surface area (Å²) in [5.74, 6) is -3.65. The Labute approximate surface area is 522 Å². The Balaban J connectivity index is 0.000000202. The molecular weight excluding hydrogens is 1250 g/mol. The quantitative estimate of drug-likeness (QED) is 0.0730. The van der Waals surface area contributed by atoms with Gasteiger partial charge in [-0.2, -0.15) is 0 Å². The van der Waals surface area contributed by atoms with Crippen molar-refractivity contribution in [2.45, 2.75) is 55.4 Å². The summed E-state index contributed by atoms with van der Waals surface area (Å²) in [7, 11) is 0. The van der Waals surface area contributed by atoms with Crippen LogP contribution in [0.4, 0.5) is 8.78 Å². The summed E-state index contributed by atoms with van der Waals surface area (Å²) in [6, 6.07) is 34.0. The Hall–Kier alpha value is -5.54. The van der Waals surface area contributed by atoms with Crippen molar-refractivity contribution in [3.63, 3.8) is 0 Å². The maximum atomic E-state index is 14.1. The predicted molar refractivity (Wildman–Crippen MR) is 331 cm³/mol. The van der Waals surface area contributed by atoms with Gasteiger partial charge in [0.2, 0.25) is 11.8 Å². The third-order valence-corrected chi connectivity index (χ3v) is 19.5. The van der Waals surface area contributed by atoms with Crippen LogP contribution in [0, 0.1) is 0 Å². The van der Waals surface area contributed by atoms with Crippen molar-refractivity contribution < 1.29 is 47.6 Å². The van der Waals surface area contributed by atoms with Crippen molar-refractivity contribution in [2.75, 3.05) is 65.7 Å². The fourth-order valence-corrected chi connectivity index (χ4v) is 15.0. The molecule has 3 aliphatic rings. The van der Waals surface area contributed by atoms with Gasteiger partial charge in [0.1, 0.15) is 28.5 Å². The van der Waals surface area contributed by atoms with E-state index in [-0.39, 0.29) is 95.9 Å². The van der Waals surface area contributed by atoms with Crippen LogP contribution in [0.5, 0.6) is 11.5 Å². The van der Waals surface area contributed by atoms with Crippen LogP contribution in [-0.2, 0) is 15.0 Å². The zero-order valence-corrected chi connectivity index (χ0v) is 51.1. The van der Waals surface area contributed by atoms with E-state index < -0.39 is 28.7 Å². The summed E-state index contributed by atoms with van der Waals surface area (Å²) in [6.07, 6.45) is 0.561. The SMILES string of the molecule is NC(=O)C1(N2CCC(F)(F)CC2)CCN(C(=O)c2sc(-c3ccc(Cl)cc3Cl)c(-c3ccc(Cl)cc3)c2OCCO)CC1.NC(=O)C1(c2ccccc2)CCN(C(=O)c2sc(-c3ccc(Cl)cc3Cl)c(-c3ccc(Cl)cc3)c2OCCO)CC1. The molecule has 5 aromatic carbocycles. The first-order chi connectivity index (χ1) is 40.2. The molecule has 3 saturated heterocycles. The van der Waals surface area contributed by atoms with Crippen LogP contribution in [0.25, 0.3) is 43.1 Å². The number of aliphatic hydroxyl groups is 2. The highest BCUT2D eigenvalue weighted by Gasteiger charge is 2.50. The molecule has 0 atom stereocenters. The Morgan fingerprint density at radius 3 is 1.31 bits per heavy atom. The molecule has 0 spiro atoms. The number of rotatable bonds is 16. The van der Waals surface area contributed by atoms with Crippen molar-refractivity contribution in [2.24, 2.45) is 11.5 Å². The number of primary amides is 2. The van der Waals surface area contributed by atoms with E-state index in [1.54, 1.807) is 69.3 Å². The second-order valence-corrected chi connectivity index (χ2v) is 25.1. The number of thiophene rings is 2. The summed E-state index contributed by atoms with van der Waals surface area (Å²) >= 11 is 40.4. The van der Waals surface area contributed by atoms with Gasteiger partial charge in [0, 0.05) is 104 Å². The third kappa shape index (κ3) is 13.4. The van der Waals surface area contributed by atoms with Gasteiger partial charge in [-0.15, -0.1) is 22.7 Å². The number of likely N-dealkylation sites (tertiary alicyclic amines) is 3. The Kier molecular flexibility index (Phi) is 20.3. The molecule has 3 fully saturated rings. The number of nitrogens with zero attached hydrogens (tertiary/aromatic N) is 3. The number of amides is 4. The molecule has 0 saturated carbocycles. The first-order valence-electron chi connectivity index (χ1n) is 26.8. The smallest absolute Gasteiger partial charge is 0.267 e. The van der Waals surface area contributed by atoms with E-state index in [1.807, 2.05) is 60.7 Å². The minimum Gasteiger partial charge on any atom is -0.489 e. The van der Waals surface area contributed by atoms with Crippen molar-refractivity contribution in [1.82, 2.24) is 14.7 Å². The monoisotopic (exact) mass is 1300 g/mol. The molecule has 10 rings (SSSR count). The van der Waals surface area contributed by atoms with Gasteiger partial charge in [-0.05, 0) is 90.9 Å². The second kappa shape index (κ2) is 27.0. The second-order valence-electron chi connectivity index (χ2n) is 20.5. The molecule has 4 amide bonds. The number of hydrogen-bond donors (Lipinski definition) is 4. The number of benzene rings is 5. The minimum atomic E-state index is -2.76. The zero-order chi connectivity index (χ0) is 60.1. The van der Waals surface area contributed by atoms with Crippen molar-refractivity contribution in [1.29, 1.82) is 0 Å². The fourth-order valence-electron chi connectivity index (χ4n) is 11.0. The molecule has 23 heteroatoms. The molecule has 0 radical (unpaired) electrons. The number of ether oxygens (including phenoxy) is 2. The van der Waals surface area contributed by atoms with Crippen LogP contribution in [0.3, 0.4) is 0 Å². The molecule has 0 aliphatic carbocycles. The molecule has 0 bridgehead atoms. The minimum absolute atomic E-state index is 0.00974. The summed E-state index contributed by atoms with van der Waals surface area (Å²) < 4.78 is 39.8. The van der Waals surface area contributed by atoms with Gasteiger partial charge >= 0.3 is 0 Å². The lowest BCUT2D eigenvalue weighted by molar-refractivity contribution is -0.140. The largest absolute Gasteiger partial charge is 0.489 e. The summed E-state index contributed by atoms with van der Waals surface area (Å²) in [4.78, 5) is 60.8. The zero-order valence-electron chi connectivity index (χ0n) is 45.0.